The van der Waals surface area contributed by atoms with Crippen LogP contribution in [-0.4, -0.2) is 75.2 Å². The lowest BCUT2D eigenvalue weighted by atomic mass is 9.92. The number of aromatic nitrogens is 1. The number of methoxy groups -OCH3 is 1. The Morgan fingerprint density at radius 3 is 1.69 bits per heavy atom. The smallest absolute Gasteiger partial charge is 0.420 e. The first-order valence-electron chi connectivity index (χ1n) is 16.7. The summed E-state index contributed by atoms with van der Waals surface area (Å²) in [5, 5.41) is 3.36. The SMILES string of the molecule is COC(=O)/C(NP)=C(/c1ccc2c(C[C@@H](C(=O)OC(C)(C)C)N(C(=O)OC(C)(C)C)C(=O)OC(C)(C)C)cn(C(=O)OC(C)(C)C)c2c1)C(C)C. The van der Waals surface area contributed by atoms with Gasteiger partial charge in [-0.15, -0.1) is 0 Å². The van der Waals surface area contributed by atoms with E-state index >= 15 is 0 Å². The predicted octanol–water partition coefficient (Wildman–Crippen LogP) is 7.77. The van der Waals surface area contributed by atoms with Gasteiger partial charge in [-0.25, -0.2) is 24.0 Å². The molecule has 1 aromatic heterocycles. The van der Waals surface area contributed by atoms with E-state index in [1.54, 1.807) is 101 Å². The molecular formula is C37H56N3O10P. The summed E-state index contributed by atoms with van der Waals surface area (Å²) in [5.74, 6) is -1.64. The fourth-order valence-electron chi connectivity index (χ4n) is 5.01. The normalized spacial score (nSPS) is 13.6. The van der Waals surface area contributed by atoms with Gasteiger partial charge in [-0.2, -0.15) is 4.90 Å². The van der Waals surface area contributed by atoms with Gasteiger partial charge in [0.05, 0.1) is 12.6 Å². The van der Waals surface area contributed by atoms with Crippen LogP contribution in [0.3, 0.4) is 0 Å². The molecule has 284 valence electrons. The molecule has 1 unspecified atom stereocenters. The van der Waals surface area contributed by atoms with Crippen LogP contribution in [0.4, 0.5) is 14.4 Å². The fourth-order valence-corrected chi connectivity index (χ4v) is 5.29. The molecule has 0 aliphatic carbocycles. The van der Waals surface area contributed by atoms with Gasteiger partial charge in [-0.1, -0.05) is 26.0 Å². The van der Waals surface area contributed by atoms with E-state index in [1.165, 1.54) is 17.9 Å². The van der Waals surface area contributed by atoms with Crippen LogP contribution in [0.15, 0.2) is 30.1 Å². The number of nitrogens with zero attached hydrogens (tertiary/aromatic N) is 2. The molecule has 13 nitrogen and oxygen atoms in total. The van der Waals surface area contributed by atoms with Crippen LogP contribution in [0.1, 0.15) is 108 Å². The van der Waals surface area contributed by atoms with Crippen LogP contribution < -0.4 is 5.09 Å². The van der Waals surface area contributed by atoms with E-state index in [0.29, 0.717) is 32.5 Å². The van der Waals surface area contributed by atoms with Gasteiger partial charge in [0.25, 0.3) is 0 Å². The molecule has 0 aliphatic rings. The van der Waals surface area contributed by atoms with E-state index in [9.17, 15) is 24.0 Å². The van der Waals surface area contributed by atoms with Gasteiger partial charge in [-0.3, -0.25) is 4.57 Å². The molecule has 0 aliphatic heterocycles. The summed E-state index contributed by atoms with van der Waals surface area (Å²) in [7, 11) is 3.59. The maximum atomic E-state index is 14.0. The van der Waals surface area contributed by atoms with E-state index in [0.717, 1.165) is 0 Å². The van der Waals surface area contributed by atoms with Crippen molar-refractivity contribution in [1.82, 2.24) is 14.6 Å². The average molecular weight is 734 g/mol. The van der Waals surface area contributed by atoms with Gasteiger partial charge in [0, 0.05) is 18.0 Å². The van der Waals surface area contributed by atoms with Crippen molar-refractivity contribution in [3.8, 4) is 0 Å². The molecule has 51 heavy (non-hydrogen) atoms. The van der Waals surface area contributed by atoms with Crippen LogP contribution in [-0.2, 0) is 39.7 Å². The number of ether oxygens (including phenoxy) is 5. The molecule has 0 fully saturated rings. The zero-order valence-corrected chi connectivity index (χ0v) is 33.9. The topological polar surface area (TPSA) is 152 Å². The minimum absolute atomic E-state index is 0.165. The summed E-state index contributed by atoms with van der Waals surface area (Å²) in [6.07, 6.45) is -1.73. The molecule has 1 N–H and O–H groups in total. The Morgan fingerprint density at radius 1 is 0.784 bits per heavy atom. The number of fused-ring (bicyclic) bond motifs is 1. The Bertz CT molecular complexity index is 1640. The highest BCUT2D eigenvalue weighted by Gasteiger charge is 2.43. The third kappa shape index (κ3) is 12.3. The number of rotatable bonds is 8. The number of hydrogen-bond acceptors (Lipinski definition) is 11. The van der Waals surface area contributed by atoms with E-state index in [-0.39, 0.29) is 18.0 Å². The van der Waals surface area contributed by atoms with Crippen LogP contribution in [0.5, 0.6) is 0 Å². The molecule has 2 rings (SSSR count). The van der Waals surface area contributed by atoms with E-state index in [1.807, 2.05) is 13.8 Å². The van der Waals surface area contributed by atoms with Crippen molar-refractivity contribution in [2.24, 2.45) is 5.92 Å². The Labute approximate surface area is 303 Å². The number of esters is 2. The lowest BCUT2D eigenvalue weighted by Gasteiger charge is -2.33. The van der Waals surface area contributed by atoms with Crippen molar-refractivity contribution in [2.75, 3.05) is 7.11 Å². The van der Waals surface area contributed by atoms with Gasteiger partial charge in [0.2, 0.25) is 0 Å². The summed E-state index contributed by atoms with van der Waals surface area (Å²) in [6, 6.07) is 3.65. The van der Waals surface area contributed by atoms with Gasteiger partial charge >= 0.3 is 30.2 Å². The predicted molar refractivity (Wildman–Crippen MR) is 198 cm³/mol. The molecule has 2 aromatic rings. The minimum Gasteiger partial charge on any atom is -0.464 e. The Kier molecular flexibility index (Phi) is 13.5. The molecule has 0 spiro atoms. The average Bonchev–Trinajstić information content (AvgIpc) is 3.28. The number of amides is 2. The highest BCUT2D eigenvalue weighted by atomic mass is 31.0. The zero-order valence-electron chi connectivity index (χ0n) is 32.7. The monoisotopic (exact) mass is 733 g/mol. The zero-order chi connectivity index (χ0) is 39.4. The molecule has 0 saturated carbocycles. The second-order valence-electron chi connectivity index (χ2n) is 16.4. The molecule has 0 saturated heterocycles. The Hall–Kier alpha value is -4.12. The Morgan fingerprint density at radius 2 is 1.27 bits per heavy atom. The van der Waals surface area contributed by atoms with Crippen molar-refractivity contribution in [2.45, 2.75) is 132 Å². The third-order valence-corrected chi connectivity index (χ3v) is 7.04. The fraction of sp³-hybridized carbons (Fsp3) is 0.595. The quantitative estimate of drug-likeness (QED) is 0.123. The molecule has 1 aromatic carbocycles. The number of imide groups is 1. The maximum Gasteiger partial charge on any atom is 0.420 e. The Balaban J connectivity index is 3.00. The van der Waals surface area contributed by atoms with Gasteiger partial charge in [0.15, 0.2) is 0 Å². The summed E-state index contributed by atoms with van der Waals surface area (Å²) in [6.45, 7) is 23.8. The summed E-state index contributed by atoms with van der Waals surface area (Å²) in [5.41, 5.74) is -1.70. The van der Waals surface area contributed by atoms with Crippen LogP contribution in [0.25, 0.3) is 16.5 Å². The van der Waals surface area contributed by atoms with Crippen molar-refractivity contribution in [3.63, 3.8) is 0 Å². The lowest BCUT2D eigenvalue weighted by Crippen LogP contribution is -2.54. The highest BCUT2D eigenvalue weighted by Crippen LogP contribution is 2.33. The number of carbonyl (C=O) groups is 5. The third-order valence-electron chi connectivity index (χ3n) is 6.75. The number of nitrogens with one attached hydrogen (secondary N) is 1. The van der Waals surface area contributed by atoms with Crippen molar-refractivity contribution < 1.29 is 47.7 Å². The van der Waals surface area contributed by atoms with Gasteiger partial charge in [-0.05, 0) is 121 Å². The van der Waals surface area contributed by atoms with Crippen molar-refractivity contribution >= 4 is 56.1 Å². The van der Waals surface area contributed by atoms with Gasteiger partial charge < -0.3 is 28.8 Å². The molecule has 2 amide bonds. The largest absolute Gasteiger partial charge is 0.464 e. The first-order chi connectivity index (χ1) is 23.1. The van der Waals surface area contributed by atoms with Crippen LogP contribution in [0.2, 0.25) is 0 Å². The minimum atomic E-state index is -1.58. The second-order valence-corrected chi connectivity index (χ2v) is 16.7. The van der Waals surface area contributed by atoms with Crippen LogP contribution >= 0.6 is 9.39 Å². The summed E-state index contributed by atoms with van der Waals surface area (Å²) >= 11 is 0. The maximum absolute atomic E-state index is 14.0. The first kappa shape index (κ1) is 43.0. The van der Waals surface area contributed by atoms with Crippen molar-refractivity contribution in [1.29, 1.82) is 0 Å². The van der Waals surface area contributed by atoms with E-state index < -0.39 is 58.7 Å². The van der Waals surface area contributed by atoms with Gasteiger partial charge in [0.1, 0.15) is 34.1 Å². The van der Waals surface area contributed by atoms with E-state index in [4.69, 9.17) is 23.7 Å². The standard InChI is InChI=1S/C37H56N3O10P/c1-21(2)27(28(38-51)30(42)46-15)22-16-17-24-23(20-39(25(24)18-22)31(43)48-35(6,7)8)19-26(29(41)47-34(3,4)5)40(32(44)49-36(9,10)11)33(45)50-37(12,13)14/h16-18,20-21,26,38H,19,51H2,1-15H3/b28-27-/t26-/m0/s1. The van der Waals surface area contributed by atoms with Crippen molar-refractivity contribution in [3.05, 3.63) is 41.2 Å². The summed E-state index contributed by atoms with van der Waals surface area (Å²) < 4.78 is 29.0. The number of benzene rings is 1. The molecule has 1 heterocycles. The van der Waals surface area contributed by atoms with Crippen LogP contribution in [0, 0.1) is 5.92 Å². The number of allylic oxidation sites excluding steroid dienone is 1. The molecular weight excluding hydrogens is 677 g/mol. The number of hydrogen-bond donors (Lipinski definition) is 1. The molecule has 0 radical (unpaired) electrons. The first-order valence-corrected chi connectivity index (χ1v) is 17.3. The second kappa shape index (κ2) is 16.0. The molecule has 14 heteroatoms. The molecule has 2 atom stereocenters. The van der Waals surface area contributed by atoms with E-state index in [2.05, 4.69) is 14.5 Å². The summed E-state index contributed by atoms with van der Waals surface area (Å²) in [4.78, 5) is 68.5. The lowest BCUT2D eigenvalue weighted by molar-refractivity contribution is -0.161. The number of carbonyl (C=O) groups excluding carboxylic acids is 5. The highest BCUT2D eigenvalue weighted by molar-refractivity contribution is 7.14. The molecule has 0 bridgehead atoms.